The molecule has 1 aliphatic heterocycles. The molecule has 5 aromatic rings. The van der Waals surface area contributed by atoms with E-state index in [4.69, 9.17) is 31.3 Å². The van der Waals surface area contributed by atoms with E-state index < -0.39 is 0 Å². The number of fused-ring (bicyclic) bond motifs is 8. The second-order valence-electron chi connectivity index (χ2n) is 12.2. The standard InChI is InChI=1S/C36H40ClN5O2S2/c1-21-33-31-12-11-29(37)35(33)34-22(2)40(4)39-30(34)20-45-18-25-16-26(41(5)38-25)19-46-27-15-24-9-7-10-28(24)32(17-27)44-14-8-13-42(31)36(21)23(3)43-6/h11-12,15-17H,3,7-10,13-14,18-20H2,1-2,4-6H3. The van der Waals surface area contributed by atoms with Crippen LogP contribution in [0.3, 0.4) is 0 Å². The Balaban J connectivity index is 1.35. The molecule has 7 nitrogen and oxygen atoms in total. The van der Waals surface area contributed by atoms with Crippen LogP contribution in [0, 0.1) is 13.8 Å². The molecule has 7 rings (SSSR count). The van der Waals surface area contributed by atoms with E-state index in [1.807, 2.05) is 53.0 Å². The fourth-order valence-corrected chi connectivity index (χ4v) is 9.19. The molecule has 0 saturated carbocycles. The Labute approximate surface area is 284 Å². The van der Waals surface area contributed by atoms with Crippen molar-refractivity contribution in [2.75, 3.05) is 13.7 Å². The number of benzene rings is 2. The highest BCUT2D eigenvalue weighted by Gasteiger charge is 2.26. The van der Waals surface area contributed by atoms with Gasteiger partial charge in [0.1, 0.15) is 11.5 Å². The molecular formula is C36H40ClN5O2S2. The lowest BCUT2D eigenvalue weighted by Crippen LogP contribution is -2.09. The van der Waals surface area contributed by atoms with Gasteiger partial charge in [0.2, 0.25) is 0 Å². The zero-order valence-electron chi connectivity index (χ0n) is 27.2. The van der Waals surface area contributed by atoms with Gasteiger partial charge in [-0.25, -0.2) is 0 Å². The summed E-state index contributed by atoms with van der Waals surface area (Å²) in [6.07, 6.45) is 4.22. The topological polar surface area (TPSA) is 59.0 Å². The molecule has 0 fully saturated rings. The summed E-state index contributed by atoms with van der Waals surface area (Å²) in [6.45, 7) is 9.95. The summed E-state index contributed by atoms with van der Waals surface area (Å²) in [6, 6.07) is 11.0. The first kappa shape index (κ1) is 31.3. The lowest BCUT2D eigenvalue weighted by Gasteiger charge is -2.16. The number of halogens is 1. The highest BCUT2D eigenvalue weighted by atomic mass is 35.5. The second-order valence-corrected chi connectivity index (χ2v) is 14.7. The summed E-state index contributed by atoms with van der Waals surface area (Å²) in [5.74, 6) is 4.09. The van der Waals surface area contributed by atoms with Crippen LogP contribution in [0.25, 0.3) is 27.8 Å². The lowest BCUT2D eigenvalue weighted by atomic mass is 9.97. The van der Waals surface area contributed by atoms with Crippen molar-refractivity contribution in [2.24, 2.45) is 14.1 Å². The Hall–Kier alpha value is -3.27. The maximum absolute atomic E-state index is 7.11. The quantitative estimate of drug-likeness (QED) is 0.175. The Bertz CT molecular complexity index is 1990. The SMILES string of the molecule is C=C(OC)c1c(C)c2c3c(Cl)ccc2n1CCCOc1cc(cc2c1CCC2)SCc1cc(nn1C)CSCc1nn(C)c(C)c1-3. The molecule has 0 amide bonds. The van der Waals surface area contributed by atoms with Crippen LogP contribution in [-0.2, 0) is 55.5 Å². The number of nitrogens with zero attached hydrogens (tertiary/aromatic N) is 5. The molecule has 0 N–H and O–H groups in total. The number of rotatable bonds is 2. The summed E-state index contributed by atoms with van der Waals surface area (Å²) < 4.78 is 18.7. The Morgan fingerprint density at radius 2 is 1.85 bits per heavy atom. The van der Waals surface area contributed by atoms with Crippen LogP contribution in [-0.4, -0.2) is 37.8 Å². The average Bonchev–Trinajstić information content (AvgIpc) is 3.79. The largest absolute Gasteiger partial charge is 0.495 e. The van der Waals surface area contributed by atoms with Gasteiger partial charge in [-0.05, 0) is 86.6 Å². The lowest BCUT2D eigenvalue weighted by molar-refractivity contribution is 0.298. The monoisotopic (exact) mass is 673 g/mol. The molecule has 0 radical (unpaired) electrons. The summed E-state index contributed by atoms with van der Waals surface area (Å²) in [5.41, 5.74) is 12.5. The summed E-state index contributed by atoms with van der Waals surface area (Å²) in [7, 11) is 5.74. The summed E-state index contributed by atoms with van der Waals surface area (Å²) in [5, 5.41) is 11.7. The summed E-state index contributed by atoms with van der Waals surface area (Å²) >= 11 is 10.8. The molecule has 240 valence electrons. The van der Waals surface area contributed by atoms with Crippen LogP contribution in [0.1, 0.15) is 58.0 Å². The minimum Gasteiger partial charge on any atom is -0.495 e. The smallest absolute Gasteiger partial charge is 0.135 e. The van der Waals surface area contributed by atoms with Crippen LogP contribution in [0.15, 0.2) is 41.8 Å². The van der Waals surface area contributed by atoms with Gasteiger partial charge in [-0.15, -0.1) is 23.5 Å². The number of ether oxygens (including phenoxy) is 2. The first-order valence-electron chi connectivity index (χ1n) is 15.8. The Morgan fingerprint density at radius 1 is 1.00 bits per heavy atom. The van der Waals surface area contributed by atoms with Crippen molar-refractivity contribution < 1.29 is 9.47 Å². The van der Waals surface area contributed by atoms with Crippen LogP contribution >= 0.6 is 35.1 Å². The normalized spacial score (nSPS) is 15.3. The third kappa shape index (κ3) is 5.54. The third-order valence-electron chi connectivity index (χ3n) is 9.42. The third-order valence-corrected chi connectivity index (χ3v) is 11.7. The Morgan fingerprint density at radius 3 is 2.67 bits per heavy atom. The van der Waals surface area contributed by atoms with Gasteiger partial charge in [-0.1, -0.05) is 18.2 Å². The van der Waals surface area contributed by atoms with Crippen molar-refractivity contribution in [1.82, 2.24) is 24.1 Å². The van der Waals surface area contributed by atoms with E-state index >= 15 is 0 Å². The highest BCUT2D eigenvalue weighted by Crippen LogP contribution is 2.44. The molecule has 0 atom stereocenters. The van der Waals surface area contributed by atoms with Gasteiger partial charge >= 0.3 is 0 Å². The van der Waals surface area contributed by atoms with Crippen molar-refractivity contribution >= 4 is 51.8 Å². The van der Waals surface area contributed by atoms with Crippen molar-refractivity contribution in [3.8, 4) is 16.9 Å². The maximum Gasteiger partial charge on any atom is 0.135 e. The second kappa shape index (κ2) is 12.7. The minimum absolute atomic E-state index is 0.618. The predicted octanol–water partition coefficient (Wildman–Crippen LogP) is 8.66. The highest BCUT2D eigenvalue weighted by molar-refractivity contribution is 7.98. The van der Waals surface area contributed by atoms with Crippen molar-refractivity contribution in [3.05, 3.63) is 87.1 Å². The fraction of sp³-hybridized carbons (Fsp3) is 0.389. The van der Waals surface area contributed by atoms with Crippen LogP contribution in [0.2, 0.25) is 5.02 Å². The van der Waals surface area contributed by atoms with Gasteiger partial charge < -0.3 is 14.0 Å². The van der Waals surface area contributed by atoms with E-state index in [1.54, 1.807) is 7.11 Å². The molecule has 0 saturated heterocycles. The van der Waals surface area contributed by atoms with Gasteiger partial charge in [0, 0.05) is 81.2 Å². The van der Waals surface area contributed by atoms with Crippen LogP contribution < -0.4 is 4.74 Å². The molecular weight excluding hydrogens is 634 g/mol. The van der Waals surface area contributed by atoms with E-state index in [1.165, 1.54) is 28.1 Å². The van der Waals surface area contributed by atoms with Crippen LogP contribution in [0.5, 0.6) is 5.75 Å². The number of aromatic nitrogens is 5. The number of hydrogen-bond acceptors (Lipinski definition) is 6. The molecule has 4 heterocycles. The average molecular weight is 674 g/mol. The molecule has 3 aromatic heterocycles. The number of hydrogen-bond donors (Lipinski definition) is 0. The molecule has 2 aromatic carbocycles. The van der Waals surface area contributed by atoms with Gasteiger partial charge in [0.15, 0.2) is 0 Å². The minimum atomic E-state index is 0.618. The molecule has 8 bridgehead atoms. The van der Waals surface area contributed by atoms with E-state index in [0.29, 0.717) is 17.4 Å². The molecule has 10 heteroatoms. The summed E-state index contributed by atoms with van der Waals surface area (Å²) in [4.78, 5) is 1.26. The number of methoxy groups -OCH3 is 1. The molecule has 46 heavy (non-hydrogen) atoms. The van der Waals surface area contributed by atoms with E-state index in [0.717, 1.165) is 99.2 Å². The number of aryl methyl sites for hydroxylation is 5. The fourth-order valence-electron chi connectivity index (χ4n) is 7.09. The first-order chi connectivity index (χ1) is 22.2. The van der Waals surface area contributed by atoms with E-state index in [9.17, 15) is 0 Å². The predicted molar refractivity (Wildman–Crippen MR) is 191 cm³/mol. The zero-order chi connectivity index (χ0) is 32.1. The van der Waals surface area contributed by atoms with Gasteiger partial charge in [0.05, 0.1) is 30.8 Å². The van der Waals surface area contributed by atoms with Gasteiger partial charge in [0.25, 0.3) is 0 Å². The molecule has 1 aliphatic carbocycles. The molecule has 0 unspecified atom stereocenters. The van der Waals surface area contributed by atoms with E-state index in [2.05, 4.69) is 49.3 Å². The molecule has 0 spiro atoms. The maximum atomic E-state index is 7.11. The number of thioether (sulfide) groups is 2. The van der Waals surface area contributed by atoms with E-state index in [-0.39, 0.29) is 0 Å². The first-order valence-corrected chi connectivity index (χ1v) is 18.3. The Kier molecular flexibility index (Phi) is 8.67. The molecule has 2 aliphatic rings. The van der Waals surface area contributed by atoms with Gasteiger partial charge in [-0.3, -0.25) is 9.36 Å². The van der Waals surface area contributed by atoms with Crippen molar-refractivity contribution in [1.29, 1.82) is 0 Å². The van der Waals surface area contributed by atoms with Crippen molar-refractivity contribution in [3.63, 3.8) is 0 Å². The zero-order valence-corrected chi connectivity index (χ0v) is 29.6. The van der Waals surface area contributed by atoms with Gasteiger partial charge in [-0.2, -0.15) is 10.2 Å². The van der Waals surface area contributed by atoms with Crippen LogP contribution in [0.4, 0.5) is 0 Å². The van der Waals surface area contributed by atoms with Crippen molar-refractivity contribution in [2.45, 2.75) is 68.2 Å².